The minimum Gasteiger partial charge on any atom is -0.467 e. The fourth-order valence-electron chi connectivity index (χ4n) is 1.64. The number of carbonyl (C=O) groups excluding carboxylic acids is 1. The van der Waals surface area contributed by atoms with Gasteiger partial charge < -0.3 is 20.8 Å². The molecule has 0 fully saturated rings. The Kier molecular flexibility index (Phi) is 8.60. The Morgan fingerprint density at radius 3 is 2.86 bits per heavy atom. The van der Waals surface area contributed by atoms with Crippen LogP contribution in [0.4, 0.5) is 0 Å². The minimum absolute atomic E-state index is 0. The van der Waals surface area contributed by atoms with Gasteiger partial charge in [-0.05, 0) is 30.0 Å². The second-order valence-corrected chi connectivity index (χ2v) is 5.35. The summed E-state index contributed by atoms with van der Waals surface area (Å²) in [5.74, 6) is 0.781. The maximum Gasteiger partial charge on any atom is 0.242 e. The molecule has 2 aromatic heterocycles. The average Bonchev–Trinajstić information content (AvgIpc) is 3.16. The van der Waals surface area contributed by atoms with Gasteiger partial charge in [-0.1, -0.05) is 6.07 Å². The summed E-state index contributed by atoms with van der Waals surface area (Å²) in [6.45, 7) is 1.05. The molecule has 0 saturated carbocycles. The Labute approximate surface area is 150 Å². The molecule has 0 aliphatic rings. The average molecular weight is 434 g/mol. The number of guanidine groups is 1. The van der Waals surface area contributed by atoms with E-state index in [0.29, 0.717) is 18.8 Å². The molecule has 0 saturated heterocycles. The van der Waals surface area contributed by atoms with E-state index in [0.717, 1.165) is 6.42 Å². The molecular weight excluding hydrogens is 415 g/mol. The molecule has 120 valence electrons. The summed E-state index contributed by atoms with van der Waals surface area (Å²) >= 11 is 1.70. The lowest BCUT2D eigenvalue weighted by atomic mass is 10.3. The standard InChI is InChI=1S/C14H18N4O2S.HI/c15-14(16-6-5-12-4-2-8-21-12)18-10-13(19)17-9-11-3-1-7-20-11;/h1-4,7-8H,5-6,9-10H2,(H,17,19)(H3,15,16,18);1H. The van der Waals surface area contributed by atoms with Crippen LogP contribution in [-0.4, -0.2) is 25.0 Å². The number of halogens is 1. The molecule has 0 atom stereocenters. The molecule has 0 unspecified atom stereocenters. The highest BCUT2D eigenvalue weighted by molar-refractivity contribution is 14.0. The highest BCUT2D eigenvalue weighted by Gasteiger charge is 2.02. The first-order chi connectivity index (χ1) is 10.2. The zero-order chi connectivity index (χ0) is 14.9. The third-order valence-corrected chi connectivity index (χ3v) is 3.63. The molecule has 0 radical (unpaired) electrons. The van der Waals surface area contributed by atoms with Gasteiger partial charge in [-0.2, -0.15) is 0 Å². The van der Waals surface area contributed by atoms with E-state index in [2.05, 4.69) is 21.7 Å². The lowest BCUT2D eigenvalue weighted by Gasteiger charge is -2.05. The Balaban J connectivity index is 0.00000242. The fourth-order valence-corrected chi connectivity index (χ4v) is 2.35. The molecule has 0 aliphatic carbocycles. The number of nitrogens with two attached hydrogens (primary N) is 1. The molecule has 0 bridgehead atoms. The number of hydrogen-bond acceptors (Lipinski definition) is 4. The minimum atomic E-state index is -0.200. The summed E-state index contributed by atoms with van der Waals surface area (Å²) in [5, 5.41) is 7.72. The number of amides is 1. The van der Waals surface area contributed by atoms with Crippen LogP contribution in [0, 0.1) is 0 Å². The van der Waals surface area contributed by atoms with E-state index < -0.39 is 0 Å². The van der Waals surface area contributed by atoms with Crippen LogP contribution in [0.1, 0.15) is 10.6 Å². The quantitative estimate of drug-likeness (QED) is 0.352. The van der Waals surface area contributed by atoms with Gasteiger partial charge in [0.15, 0.2) is 5.96 Å². The summed E-state index contributed by atoms with van der Waals surface area (Å²) < 4.78 is 5.11. The van der Waals surface area contributed by atoms with E-state index in [1.54, 1.807) is 29.7 Å². The number of furan rings is 1. The van der Waals surface area contributed by atoms with Crippen molar-refractivity contribution in [1.82, 2.24) is 10.6 Å². The van der Waals surface area contributed by atoms with Gasteiger partial charge in [0.1, 0.15) is 12.3 Å². The van der Waals surface area contributed by atoms with Crippen molar-refractivity contribution < 1.29 is 9.21 Å². The Morgan fingerprint density at radius 2 is 2.18 bits per heavy atom. The van der Waals surface area contributed by atoms with Gasteiger partial charge in [0.25, 0.3) is 0 Å². The first-order valence-electron chi connectivity index (χ1n) is 6.59. The van der Waals surface area contributed by atoms with Crippen molar-refractivity contribution in [2.24, 2.45) is 10.7 Å². The number of aliphatic imine (C=N–C) groups is 1. The zero-order valence-corrected chi connectivity index (χ0v) is 15.1. The molecule has 22 heavy (non-hydrogen) atoms. The number of carbonyl (C=O) groups is 1. The molecule has 6 nitrogen and oxygen atoms in total. The number of hydrogen-bond donors (Lipinski definition) is 3. The third kappa shape index (κ3) is 6.94. The van der Waals surface area contributed by atoms with Crippen LogP contribution in [0.25, 0.3) is 0 Å². The second kappa shape index (κ2) is 10.2. The van der Waals surface area contributed by atoms with Gasteiger partial charge in [0, 0.05) is 11.4 Å². The van der Waals surface area contributed by atoms with E-state index in [-0.39, 0.29) is 42.4 Å². The summed E-state index contributed by atoms with van der Waals surface area (Å²) in [6.07, 6.45) is 2.45. The summed E-state index contributed by atoms with van der Waals surface area (Å²) in [6, 6.07) is 7.65. The van der Waals surface area contributed by atoms with Crippen LogP contribution in [0.2, 0.25) is 0 Å². The highest BCUT2D eigenvalue weighted by Crippen LogP contribution is 2.07. The van der Waals surface area contributed by atoms with Crippen molar-refractivity contribution >= 4 is 47.2 Å². The van der Waals surface area contributed by atoms with Crippen LogP contribution in [0.15, 0.2) is 45.3 Å². The molecule has 8 heteroatoms. The van der Waals surface area contributed by atoms with Crippen molar-refractivity contribution in [2.45, 2.75) is 13.0 Å². The van der Waals surface area contributed by atoms with Gasteiger partial charge in [-0.25, -0.2) is 4.99 Å². The van der Waals surface area contributed by atoms with E-state index in [4.69, 9.17) is 10.2 Å². The Morgan fingerprint density at radius 1 is 1.32 bits per heavy atom. The van der Waals surface area contributed by atoms with Crippen molar-refractivity contribution in [2.75, 3.05) is 13.1 Å². The van der Waals surface area contributed by atoms with E-state index in [1.807, 2.05) is 11.4 Å². The largest absolute Gasteiger partial charge is 0.467 e. The maximum atomic E-state index is 11.6. The lowest BCUT2D eigenvalue weighted by Crippen LogP contribution is -2.35. The normalized spacial score (nSPS) is 10.8. The maximum absolute atomic E-state index is 11.6. The van der Waals surface area contributed by atoms with E-state index >= 15 is 0 Å². The first kappa shape index (κ1) is 18.5. The summed E-state index contributed by atoms with van der Waals surface area (Å²) in [4.78, 5) is 16.8. The molecule has 2 aromatic rings. The molecule has 2 heterocycles. The number of nitrogens with zero attached hydrogens (tertiary/aromatic N) is 1. The first-order valence-corrected chi connectivity index (χ1v) is 7.47. The predicted molar refractivity (Wildman–Crippen MR) is 98.5 cm³/mol. The Hall–Kier alpha value is -1.55. The molecule has 1 amide bonds. The fraction of sp³-hybridized carbons (Fsp3) is 0.286. The van der Waals surface area contributed by atoms with Crippen molar-refractivity contribution in [3.8, 4) is 0 Å². The third-order valence-electron chi connectivity index (χ3n) is 2.69. The molecule has 2 rings (SSSR count). The lowest BCUT2D eigenvalue weighted by molar-refractivity contribution is -0.119. The van der Waals surface area contributed by atoms with Crippen molar-refractivity contribution in [1.29, 1.82) is 0 Å². The molecule has 4 N–H and O–H groups in total. The molecule has 0 spiro atoms. The van der Waals surface area contributed by atoms with Crippen LogP contribution in [0.5, 0.6) is 0 Å². The topological polar surface area (TPSA) is 92.6 Å². The van der Waals surface area contributed by atoms with E-state index in [9.17, 15) is 4.79 Å². The van der Waals surface area contributed by atoms with Crippen molar-refractivity contribution in [3.05, 3.63) is 46.5 Å². The SMILES string of the molecule is I.NC(=NCC(=O)NCc1ccco1)NCCc1cccs1. The molecular formula is C14H19IN4O2S. The molecule has 0 aliphatic heterocycles. The van der Waals surface area contributed by atoms with Gasteiger partial charge in [0.2, 0.25) is 5.91 Å². The monoisotopic (exact) mass is 434 g/mol. The van der Waals surface area contributed by atoms with Crippen LogP contribution in [-0.2, 0) is 17.8 Å². The number of thiophene rings is 1. The van der Waals surface area contributed by atoms with Crippen LogP contribution >= 0.6 is 35.3 Å². The number of rotatable bonds is 7. The smallest absolute Gasteiger partial charge is 0.242 e. The van der Waals surface area contributed by atoms with Crippen LogP contribution < -0.4 is 16.4 Å². The van der Waals surface area contributed by atoms with Gasteiger partial charge >= 0.3 is 0 Å². The second-order valence-electron chi connectivity index (χ2n) is 4.31. The summed E-state index contributed by atoms with van der Waals surface area (Å²) in [7, 11) is 0. The summed E-state index contributed by atoms with van der Waals surface area (Å²) in [5.41, 5.74) is 5.70. The Bertz CT molecular complexity index is 570. The predicted octanol–water partition coefficient (Wildman–Crippen LogP) is 1.72. The molecule has 0 aromatic carbocycles. The van der Waals surface area contributed by atoms with Gasteiger partial charge in [0.05, 0.1) is 12.8 Å². The highest BCUT2D eigenvalue weighted by atomic mass is 127. The van der Waals surface area contributed by atoms with E-state index in [1.165, 1.54) is 4.88 Å². The van der Waals surface area contributed by atoms with Gasteiger partial charge in [-0.3, -0.25) is 4.79 Å². The van der Waals surface area contributed by atoms with Gasteiger partial charge in [-0.15, -0.1) is 35.3 Å². The van der Waals surface area contributed by atoms with Crippen LogP contribution in [0.3, 0.4) is 0 Å². The zero-order valence-electron chi connectivity index (χ0n) is 12.0. The van der Waals surface area contributed by atoms with Crippen molar-refractivity contribution in [3.63, 3.8) is 0 Å². The number of nitrogens with one attached hydrogen (secondary N) is 2.